The van der Waals surface area contributed by atoms with Crippen LogP contribution in [0.5, 0.6) is 0 Å². The van der Waals surface area contributed by atoms with Crippen LogP contribution in [0.3, 0.4) is 0 Å². The molecule has 0 aliphatic carbocycles. The summed E-state index contributed by atoms with van der Waals surface area (Å²) >= 11 is 7.96. The van der Waals surface area contributed by atoms with E-state index >= 15 is 0 Å². The molecule has 0 aliphatic rings. The van der Waals surface area contributed by atoms with Crippen LogP contribution in [0.4, 0.5) is 4.39 Å². The lowest BCUT2D eigenvalue weighted by molar-refractivity contribution is 0.599. The van der Waals surface area contributed by atoms with Crippen LogP contribution in [0.1, 0.15) is 0 Å². The Morgan fingerprint density at radius 2 is 2.00 bits per heavy atom. The molecule has 0 heterocycles. The van der Waals surface area contributed by atoms with Crippen molar-refractivity contribution in [1.29, 1.82) is 0 Å². The summed E-state index contributed by atoms with van der Waals surface area (Å²) in [5, 5.41) is 0. The molecule has 11 heavy (non-hydrogen) atoms. The molecule has 0 aromatic heterocycles. The molecule has 0 nitrogen and oxygen atoms in total. The molecule has 0 unspecified atom stereocenters. The Balaban J connectivity index is 3.29. The highest BCUT2D eigenvalue weighted by atomic mass is 79.9. The van der Waals surface area contributed by atoms with Crippen molar-refractivity contribution in [3.63, 3.8) is 0 Å². The first-order valence-corrected chi connectivity index (χ1v) is 5.65. The molecular formula is C7H5Br2FS. The first kappa shape index (κ1) is 9.55. The molecule has 0 saturated carbocycles. The van der Waals surface area contributed by atoms with Crippen LogP contribution in [-0.2, 0) is 0 Å². The van der Waals surface area contributed by atoms with Gasteiger partial charge in [0.05, 0.1) is 4.90 Å². The molecule has 0 saturated heterocycles. The molecular weight excluding hydrogens is 295 g/mol. The summed E-state index contributed by atoms with van der Waals surface area (Å²) in [5.74, 6) is -0.187. The Morgan fingerprint density at radius 1 is 1.36 bits per heavy atom. The zero-order valence-corrected chi connectivity index (χ0v) is 9.69. The second-order valence-electron chi connectivity index (χ2n) is 1.88. The van der Waals surface area contributed by atoms with Crippen molar-refractivity contribution in [1.82, 2.24) is 0 Å². The monoisotopic (exact) mass is 298 g/mol. The fraction of sp³-hybridized carbons (Fsp3) is 0.143. The molecule has 0 spiro atoms. The number of hydrogen-bond acceptors (Lipinski definition) is 1. The van der Waals surface area contributed by atoms with E-state index in [1.807, 2.05) is 6.26 Å². The predicted octanol–water partition coefficient (Wildman–Crippen LogP) is 4.07. The van der Waals surface area contributed by atoms with E-state index in [2.05, 4.69) is 31.9 Å². The SMILES string of the molecule is CSc1c(F)ccc(Br)c1Br. The first-order chi connectivity index (χ1) is 5.16. The summed E-state index contributed by atoms with van der Waals surface area (Å²) < 4.78 is 14.6. The zero-order valence-electron chi connectivity index (χ0n) is 5.70. The number of halogens is 3. The van der Waals surface area contributed by atoms with Gasteiger partial charge in [-0.05, 0) is 50.2 Å². The maximum atomic E-state index is 13.0. The van der Waals surface area contributed by atoms with Crippen molar-refractivity contribution in [3.05, 3.63) is 26.9 Å². The third-order valence-corrected chi connectivity index (χ3v) is 4.29. The van der Waals surface area contributed by atoms with Gasteiger partial charge in [0.15, 0.2) is 0 Å². The highest BCUT2D eigenvalue weighted by Crippen LogP contribution is 2.34. The van der Waals surface area contributed by atoms with Gasteiger partial charge in [0.25, 0.3) is 0 Å². The maximum absolute atomic E-state index is 13.0. The summed E-state index contributed by atoms with van der Waals surface area (Å²) in [5.41, 5.74) is 0. The smallest absolute Gasteiger partial charge is 0.137 e. The molecule has 1 rings (SSSR count). The van der Waals surface area contributed by atoms with E-state index in [4.69, 9.17) is 0 Å². The third kappa shape index (κ3) is 1.98. The van der Waals surface area contributed by atoms with Gasteiger partial charge in [-0.2, -0.15) is 0 Å². The summed E-state index contributed by atoms with van der Waals surface area (Å²) in [4.78, 5) is 0.638. The van der Waals surface area contributed by atoms with Gasteiger partial charge in [-0.1, -0.05) is 0 Å². The molecule has 4 heteroatoms. The Bertz CT molecular complexity index is 275. The summed E-state index contributed by atoms with van der Waals surface area (Å²) in [7, 11) is 0. The molecule has 0 fully saturated rings. The number of hydrogen-bond donors (Lipinski definition) is 0. The van der Waals surface area contributed by atoms with E-state index in [-0.39, 0.29) is 5.82 Å². The van der Waals surface area contributed by atoms with Crippen molar-refractivity contribution >= 4 is 43.6 Å². The fourth-order valence-electron chi connectivity index (χ4n) is 0.696. The van der Waals surface area contributed by atoms with Gasteiger partial charge < -0.3 is 0 Å². The second-order valence-corrected chi connectivity index (χ2v) is 4.34. The number of benzene rings is 1. The molecule has 0 radical (unpaired) electrons. The average molecular weight is 300 g/mol. The van der Waals surface area contributed by atoms with E-state index in [1.165, 1.54) is 17.8 Å². The van der Waals surface area contributed by atoms with Gasteiger partial charge >= 0.3 is 0 Å². The van der Waals surface area contributed by atoms with Crippen LogP contribution in [-0.4, -0.2) is 6.26 Å². The molecule has 0 aliphatic heterocycles. The lowest BCUT2D eigenvalue weighted by atomic mass is 10.3. The molecule has 0 N–H and O–H groups in total. The Morgan fingerprint density at radius 3 is 2.45 bits per heavy atom. The van der Waals surface area contributed by atoms with Crippen molar-refractivity contribution in [2.75, 3.05) is 6.26 Å². The number of rotatable bonds is 1. The van der Waals surface area contributed by atoms with Crippen molar-refractivity contribution < 1.29 is 4.39 Å². The highest BCUT2D eigenvalue weighted by molar-refractivity contribution is 9.13. The quantitative estimate of drug-likeness (QED) is 0.556. The first-order valence-electron chi connectivity index (χ1n) is 2.84. The van der Waals surface area contributed by atoms with Gasteiger partial charge in [0, 0.05) is 8.95 Å². The van der Waals surface area contributed by atoms with Crippen molar-refractivity contribution in [3.8, 4) is 0 Å². The van der Waals surface area contributed by atoms with Crippen molar-refractivity contribution in [2.45, 2.75) is 4.90 Å². The van der Waals surface area contributed by atoms with Gasteiger partial charge in [0.1, 0.15) is 5.82 Å². The third-order valence-electron chi connectivity index (χ3n) is 1.21. The van der Waals surface area contributed by atoms with Crippen LogP contribution >= 0.6 is 43.6 Å². The summed E-state index contributed by atoms with van der Waals surface area (Å²) in [6, 6.07) is 3.12. The van der Waals surface area contributed by atoms with Crippen LogP contribution in [0.2, 0.25) is 0 Å². The largest absolute Gasteiger partial charge is 0.206 e. The number of thioether (sulfide) groups is 1. The lowest BCUT2D eigenvalue weighted by Gasteiger charge is -2.03. The minimum atomic E-state index is -0.187. The van der Waals surface area contributed by atoms with Crippen molar-refractivity contribution in [2.24, 2.45) is 0 Å². The van der Waals surface area contributed by atoms with E-state index in [9.17, 15) is 4.39 Å². The highest BCUT2D eigenvalue weighted by Gasteiger charge is 2.07. The Kier molecular flexibility index (Phi) is 3.40. The molecule has 1 aromatic carbocycles. The maximum Gasteiger partial charge on any atom is 0.137 e. The fourth-order valence-corrected chi connectivity index (χ4v) is 2.52. The average Bonchev–Trinajstić information content (AvgIpc) is 1.99. The van der Waals surface area contributed by atoms with E-state index in [1.54, 1.807) is 6.07 Å². The molecule has 60 valence electrons. The van der Waals surface area contributed by atoms with E-state index < -0.39 is 0 Å². The minimum absolute atomic E-state index is 0.187. The Labute approximate surface area is 85.8 Å². The normalized spacial score (nSPS) is 10.2. The topological polar surface area (TPSA) is 0 Å². The molecule has 0 atom stereocenters. The van der Waals surface area contributed by atoms with Gasteiger partial charge in [-0.3, -0.25) is 0 Å². The van der Waals surface area contributed by atoms with E-state index in [0.717, 1.165) is 8.95 Å². The van der Waals surface area contributed by atoms with Gasteiger partial charge in [-0.15, -0.1) is 11.8 Å². The van der Waals surface area contributed by atoms with Crippen LogP contribution < -0.4 is 0 Å². The zero-order chi connectivity index (χ0) is 8.43. The second kappa shape index (κ2) is 3.92. The summed E-state index contributed by atoms with van der Waals surface area (Å²) in [6.45, 7) is 0. The van der Waals surface area contributed by atoms with Gasteiger partial charge in [0.2, 0.25) is 0 Å². The predicted molar refractivity (Wildman–Crippen MR) is 53.6 cm³/mol. The van der Waals surface area contributed by atoms with Crippen LogP contribution in [0.15, 0.2) is 26.0 Å². The van der Waals surface area contributed by atoms with Crippen LogP contribution in [0, 0.1) is 5.82 Å². The summed E-state index contributed by atoms with van der Waals surface area (Å²) in [6.07, 6.45) is 1.84. The molecule has 0 amide bonds. The minimum Gasteiger partial charge on any atom is -0.206 e. The molecule has 1 aromatic rings. The van der Waals surface area contributed by atoms with Gasteiger partial charge in [-0.25, -0.2) is 4.39 Å². The van der Waals surface area contributed by atoms with E-state index in [0.29, 0.717) is 4.90 Å². The lowest BCUT2D eigenvalue weighted by Crippen LogP contribution is -1.82. The standard InChI is InChI=1S/C7H5Br2FS/c1-11-7-5(10)3-2-4(8)6(7)9/h2-3H,1H3. The molecule has 0 bridgehead atoms. The van der Waals surface area contributed by atoms with Crippen LogP contribution in [0.25, 0.3) is 0 Å². The Hall–Kier alpha value is 0.460.